The van der Waals surface area contributed by atoms with Gasteiger partial charge in [0.2, 0.25) is 0 Å². The predicted octanol–water partition coefficient (Wildman–Crippen LogP) is 0.570. The predicted molar refractivity (Wildman–Crippen MR) is 69.2 cm³/mol. The van der Waals surface area contributed by atoms with Crippen LogP contribution in [0.1, 0.15) is 10.4 Å². The summed E-state index contributed by atoms with van der Waals surface area (Å²) >= 11 is 0. The zero-order chi connectivity index (χ0) is 13.9. The Morgan fingerprint density at radius 3 is 2.47 bits per heavy atom. The van der Waals surface area contributed by atoms with Crippen LogP contribution in [0.25, 0.3) is 0 Å². The number of benzene rings is 1. The third kappa shape index (κ3) is 2.91. The summed E-state index contributed by atoms with van der Waals surface area (Å²) in [6.07, 6.45) is 2.49. The van der Waals surface area contributed by atoms with Crippen LogP contribution in [0.5, 0.6) is 0 Å². The first-order valence-corrected chi connectivity index (χ1v) is 6.85. The lowest BCUT2D eigenvalue weighted by Gasteiger charge is -2.06. The third-order valence-electron chi connectivity index (χ3n) is 2.41. The maximum absolute atomic E-state index is 11.9. The number of amides is 1. The fraction of sp³-hybridized carbons (Fsp3) is 0.0909. The van der Waals surface area contributed by atoms with Crippen molar-refractivity contribution in [2.45, 2.75) is 4.90 Å². The molecule has 1 amide bonds. The number of carbonyl (C=O) groups excluding carboxylic acids is 1. The normalized spacial score (nSPS) is 11.0. The Labute approximate surface area is 110 Å². The molecule has 19 heavy (non-hydrogen) atoms. The first kappa shape index (κ1) is 13.1. The van der Waals surface area contributed by atoms with E-state index < -0.39 is 10.0 Å². The van der Waals surface area contributed by atoms with E-state index in [2.05, 4.69) is 20.2 Å². The van der Waals surface area contributed by atoms with Crippen LogP contribution in [0.15, 0.2) is 41.6 Å². The van der Waals surface area contributed by atoms with Gasteiger partial charge < -0.3 is 5.32 Å². The summed E-state index contributed by atoms with van der Waals surface area (Å²) in [7, 11) is -2.13. The van der Waals surface area contributed by atoms with E-state index in [1.165, 1.54) is 43.7 Å². The molecule has 0 saturated carbocycles. The highest BCUT2D eigenvalue weighted by Crippen LogP contribution is 2.15. The summed E-state index contributed by atoms with van der Waals surface area (Å²) < 4.78 is 26.2. The molecule has 3 N–H and O–H groups in total. The molecular weight excluding hydrogens is 268 g/mol. The van der Waals surface area contributed by atoms with Crippen molar-refractivity contribution in [3.8, 4) is 0 Å². The number of hydrogen-bond donors (Lipinski definition) is 3. The van der Waals surface area contributed by atoms with Gasteiger partial charge in [-0.05, 0) is 24.3 Å². The second-order valence-corrected chi connectivity index (χ2v) is 5.38. The number of hydrogen-bond acceptors (Lipinski definition) is 4. The van der Waals surface area contributed by atoms with Crippen LogP contribution in [0, 0.1) is 0 Å². The Kier molecular flexibility index (Phi) is 3.52. The average molecular weight is 280 g/mol. The molecule has 7 nitrogen and oxygen atoms in total. The van der Waals surface area contributed by atoms with Gasteiger partial charge in [-0.3, -0.25) is 14.6 Å². The van der Waals surface area contributed by atoms with Crippen molar-refractivity contribution in [2.24, 2.45) is 0 Å². The van der Waals surface area contributed by atoms with Gasteiger partial charge in [0.15, 0.2) is 0 Å². The number of nitrogens with one attached hydrogen (secondary N) is 3. The highest BCUT2D eigenvalue weighted by Gasteiger charge is 2.15. The van der Waals surface area contributed by atoms with Gasteiger partial charge in [-0.25, -0.2) is 8.42 Å². The molecule has 0 aliphatic rings. The number of anilines is 1. The monoisotopic (exact) mass is 280 g/mol. The molecule has 0 atom stereocenters. The summed E-state index contributed by atoms with van der Waals surface area (Å²) in [6, 6.07) is 6.10. The molecule has 2 rings (SSSR count). The summed E-state index contributed by atoms with van der Waals surface area (Å²) in [5.41, 5.74) is 0.822. The molecule has 1 aromatic heterocycles. The van der Waals surface area contributed by atoms with E-state index in [4.69, 9.17) is 0 Å². The van der Waals surface area contributed by atoms with Crippen molar-refractivity contribution in [3.05, 3.63) is 42.2 Å². The SMILES string of the molecule is CNC(=O)c1ccc(NS(=O)(=O)c2cn[nH]c2)cc1. The molecule has 0 unspecified atom stereocenters. The van der Waals surface area contributed by atoms with Crippen LogP contribution in [0.3, 0.4) is 0 Å². The Morgan fingerprint density at radius 2 is 1.95 bits per heavy atom. The molecule has 0 aliphatic carbocycles. The van der Waals surface area contributed by atoms with Crippen LogP contribution < -0.4 is 10.0 Å². The second-order valence-electron chi connectivity index (χ2n) is 3.70. The molecular formula is C11H12N4O3S. The number of carbonyl (C=O) groups is 1. The van der Waals surface area contributed by atoms with Crippen LogP contribution in [-0.2, 0) is 10.0 Å². The van der Waals surface area contributed by atoms with E-state index in [9.17, 15) is 13.2 Å². The minimum absolute atomic E-state index is 0.0443. The topological polar surface area (TPSA) is 104 Å². The van der Waals surface area contributed by atoms with Gasteiger partial charge in [0, 0.05) is 24.5 Å². The number of nitrogens with zero attached hydrogens (tertiary/aromatic N) is 1. The number of H-pyrrole nitrogens is 1. The smallest absolute Gasteiger partial charge is 0.265 e. The van der Waals surface area contributed by atoms with Crippen molar-refractivity contribution in [2.75, 3.05) is 11.8 Å². The molecule has 0 aliphatic heterocycles. The lowest BCUT2D eigenvalue weighted by atomic mass is 10.2. The van der Waals surface area contributed by atoms with E-state index in [0.29, 0.717) is 11.3 Å². The van der Waals surface area contributed by atoms with Crippen molar-refractivity contribution in [1.82, 2.24) is 15.5 Å². The van der Waals surface area contributed by atoms with Gasteiger partial charge in [-0.15, -0.1) is 0 Å². The number of aromatic nitrogens is 2. The summed E-state index contributed by atoms with van der Waals surface area (Å²) in [5.74, 6) is -0.232. The molecule has 8 heteroatoms. The zero-order valence-corrected chi connectivity index (χ0v) is 10.9. The number of sulfonamides is 1. The molecule has 2 aromatic rings. The maximum atomic E-state index is 11.9. The zero-order valence-electron chi connectivity index (χ0n) is 10.0. The number of aromatic amines is 1. The molecule has 1 aromatic carbocycles. The molecule has 0 spiro atoms. The molecule has 0 bridgehead atoms. The summed E-state index contributed by atoms with van der Waals surface area (Å²) in [4.78, 5) is 11.4. The van der Waals surface area contributed by atoms with Crippen molar-refractivity contribution < 1.29 is 13.2 Å². The van der Waals surface area contributed by atoms with E-state index in [-0.39, 0.29) is 10.8 Å². The van der Waals surface area contributed by atoms with E-state index >= 15 is 0 Å². The minimum Gasteiger partial charge on any atom is -0.355 e. The van der Waals surface area contributed by atoms with Crippen molar-refractivity contribution in [1.29, 1.82) is 0 Å². The Morgan fingerprint density at radius 1 is 1.26 bits per heavy atom. The molecule has 1 heterocycles. The summed E-state index contributed by atoms with van der Waals surface area (Å²) in [5, 5.41) is 8.49. The van der Waals surface area contributed by atoms with Crippen LogP contribution >= 0.6 is 0 Å². The van der Waals surface area contributed by atoms with E-state index in [1.807, 2.05) is 0 Å². The van der Waals surface area contributed by atoms with Gasteiger partial charge in [-0.1, -0.05) is 0 Å². The fourth-order valence-electron chi connectivity index (χ4n) is 1.43. The van der Waals surface area contributed by atoms with Gasteiger partial charge in [-0.2, -0.15) is 5.10 Å². The quantitative estimate of drug-likeness (QED) is 0.761. The van der Waals surface area contributed by atoms with E-state index in [1.54, 1.807) is 0 Å². The average Bonchev–Trinajstić information content (AvgIpc) is 2.93. The molecule has 0 saturated heterocycles. The Balaban J connectivity index is 2.19. The highest BCUT2D eigenvalue weighted by molar-refractivity contribution is 7.92. The lowest BCUT2D eigenvalue weighted by Crippen LogP contribution is -2.17. The fourth-order valence-corrected chi connectivity index (χ4v) is 2.40. The molecule has 0 fully saturated rings. The summed E-state index contributed by atoms with van der Waals surface area (Å²) in [6.45, 7) is 0. The van der Waals surface area contributed by atoms with Crippen LogP contribution in [0.4, 0.5) is 5.69 Å². The van der Waals surface area contributed by atoms with Crippen LogP contribution in [-0.4, -0.2) is 31.6 Å². The highest BCUT2D eigenvalue weighted by atomic mass is 32.2. The van der Waals surface area contributed by atoms with Crippen molar-refractivity contribution >= 4 is 21.6 Å². The van der Waals surface area contributed by atoms with Gasteiger partial charge >= 0.3 is 0 Å². The maximum Gasteiger partial charge on any atom is 0.265 e. The van der Waals surface area contributed by atoms with Gasteiger partial charge in [0.25, 0.3) is 15.9 Å². The lowest BCUT2D eigenvalue weighted by molar-refractivity contribution is 0.0963. The Hall–Kier alpha value is -2.35. The third-order valence-corrected chi connectivity index (χ3v) is 3.76. The first-order valence-electron chi connectivity index (χ1n) is 5.36. The Bertz CT molecular complexity index is 662. The van der Waals surface area contributed by atoms with Crippen molar-refractivity contribution in [3.63, 3.8) is 0 Å². The first-order chi connectivity index (χ1) is 9.03. The van der Waals surface area contributed by atoms with Gasteiger partial charge in [0.1, 0.15) is 4.90 Å². The standard InChI is InChI=1S/C11H12N4O3S/c1-12-11(16)8-2-4-9(5-3-8)15-19(17,18)10-6-13-14-7-10/h2-7,15H,1H3,(H,12,16)(H,13,14). The van der Waals surface area contributed by atoms with Gasteiger partial charge in [0.05, 0.1) is 6.20 Å². The largest absolute Gasteiger partial charge is 0.355 e. The van der Waals surface area contributed by atoms with E-state index in [0.717, 1.165) is 0 Å². The van der Waals surface area contributed by atoms with Crippen LogP contribution in [0.2, 0.25) is 0 Å². The molecule has 100 valence electrons. The minimum atomic E-state index is -3.65. The number of rotatable bonds is 4. The second kappa shape index (κ2) is 5.11. The molecule has 0 radical (unpaired) electrons.